The van der Waals surface area contributed by atoms with E-state index in [1.807, 2.05) is 48.5 Å². The first-order chi connectivity index (χ1) is 9.76. The number of hydrogen-bond acceptors (Lipinski definition) is 3. The van der Waals surface area contributed by atoms with Crippen LogP contribution in [0.5, 0.6) is 11.6 Å². The third-order valence-electron chi connectivity index (χ3n) is 3.28. The van der Waals surface area contributed by atoms with Gasteiger partial charge in [-0.15, -0.1) is 0 Å². The Balaban J connectivity index is 1.93. The minimum Gasteiger partial charge on any atom is -0.439 e. The Morgan fingerprint density at radius 1 is 1.05 bits per heavy atom. The Labute approximate surface area is 118 Å². The standard InChI is InChI=1S/C17H16N2O/c1-12-10-17(19-16-5-3-2-4-15(12)16)20-14-8-6-13(11-18)7-9-14/h2-10H,11,18H2,1H3. The molecule has 0 radical (unpaired) electrons. The van der Waals surface area contributed by atoms with Crippen molar-refractivity contribution in [2.45, 2.75) is 13.5 Å². The molecule has 0 unspecified atom stereocenters. The number of ether oxygens (including phenoxy) is 1. The number of aryl methyl sites for hydroxylation is 1. The lowest BCUT2D eigenvalue weighted by atomic mass is 10.1. The molecule has 0 bridgehead atoms. The molecular formula is C17H16N2O. The highest BCUT2D eigenvalue weighted by Gasteiger charge is 2.04. The van der Waals surface area contributed by atoms with Crippen LogP contribution in [-0.4, -0.2) is 4.98 Å². The summed E-state index contributed by atoms with van der Waals surface area (Å²) in [5.74, 6) is 1.38. The Hall–Kier alpha value is -2.39. The van der Waals surface area contributed by atoms with Gasteiger partial charge in [0, 0.05) is 18.0 Å². The molecule has 0 saturated carbocycles. The lowest BCUT2D eigenvalue weighted by Crippen LogP contribution is -1.96. The lowest BCUT2D eigenvalue weighted by molar-refractivity contribution is 0.464. The van der Waals surface area contributed by atoms with Gasteiger partial charge in [-0.25, -0.2) is 4.98 Å². The van der Waals surface area contributed by atoms with Crippen LogP contribution in [0.25, 0.3) is 10.9 Å². The zero-order chi connectivity index (χ0) is 13.9. The third-order valence-corrected chi connectivity index (χ3v) is 3.28. The van der Waals surface area contributed by atoms with Gasteiger partial charge in [-0.05, 0) is 36.2 Å². The Kier molecular flexibility index (Phi) is 3.35. The van der Waals surface area contributed by atoms with Crippen molar-refractivity contribution in [3.63, 3.8) is 0 Å². The Morgan fingerprint density at radius 2 is 1.80 bits per heavy atom. The molecule has 3 nitrogen and oxygen atoms in total. The number of aromatic nitrogens is 1. The zero-order valence-corrected chi connectivity index (χ0v) is 11.3. The fourth-order valence-electron chi connectivity index (χ4n) is 2.19. The minimum atomic E-state index is 0.535. The van der Waals surface area contributed by atoms with E-state index in [-0.39, 0.29) is 0 Å². The maximum absolute atomic E-state index is 5.81. The first kappa shape index (κ1) is 12.6. The molecule has 0 fully saturated rings. The van der Waals surface area contributed by atoms with E-state index in [9.17, 15) is 0 Å². The molecule has 2 N–H and O–H groups in total. The highest BCUT2D eigenvalue weighted by atomic mass is 16.5. The van der Waals surface area contributed by atoms with Gasteiger partial charge in [0.1, 0.15) is 5.75 Å². The third kappa shape index (κ3) is 2.49. The molecule has 0 saturated heterocycles. The molecule has 100 valence electrons. The Bertz CT molecular complexity index is 736. The predicted octanol–water partition coefficient (Wildman–Crippen LogP) is 3.79. The quantitative estimate of drug-likeness (QED) is 0.782. The summed E-state index contributed by atoms with van der Waals surface area (Å²) < 4.78 is 5.81. The number of rotatable bonds is 3. The molecule has 0 amide bonds. The molecule has 3 heteroatoms. The number of para-hydroxylation sites is 1. The maximum Gasteiger partial charge on any atom is 0.220 e. The summed E-state index contributed by atoms with van der Waals surface area (Å²) in [6.07, 6.45) is 0. The van der Waals surface area contributed by atoms with Crippen molar-refractivity contribution in [3.05, 3.63) is 65.7 Å². The summed E-state index contributed by atoms with van der Waals surface area (Å²) in [5, 5.41) is 1.15. The van der Waals surface area contributed by atoms with E-state index in [2.05, 4.69) is 18.0 Å². The number of pyridine rings is 1. The maximum atomic E-state index is 5.81. The fraction of sp³-hybridized carbons (Fsp3) is 0.118. The van der Waals surface area contributed by atoms with Crippen molar-refractivity contribution in [3.8, 4) is 11.6 Å². The molecule has 0 atom stereocenters. The smallest absolute Gasteiger partial charge is 0.220 e. The predicted molar refractivity (Wildman–Crippen MR) is 80.9 cm³/mol. The minimum absolute atomic E-state index is 0.535. The van der Waals surface area contributed by atoms with Gasteiger partial charge in [0.15, 0.2) is 0 Å². The van der Waals surface area contributed by atoms with Crippen LogP contribution in [0.4, 0.5) is 0 Å². The molecule has 3 aromatic rings. The average molecular weight is 264 g/mol. The van der Waals surface area contributed by atoms with Gasteiger partial charge in [0.2, 0.25) is 5.88 Å². The van der Waals surface area contributed by atoms with Gasteiger partial charge in [-0.3, -0.25) is 0 Å². The summed E-state index contributed by atoms with van der Waals surface area (Å²) >= 11 is 0. The van der Waals surface area contributed by atoms with Crippen LogP contribution in [0.3, 0.4) is 0 Å². The van der Waals surface area contributed by atoms with Gasteiger partial charge >= 0.3 is 0 Å². The van der Waals surface area contributed by atoms with Crippen LogP contribution in [0.1, 0.15) is 11.1 Å². The van der Waals surface area contributed by atoms with Crippen LogP contribution in [0.15, 0.2) is 54.6 Å². The van der Waals surface area contributed by atoms with Crippen LogP contribution >= 0.6 is 0 Å². The van der Waals surface area contributed by atoms with E-state index in [0.29, 0.717) is 12.4 Å². The number of hydrogen-bond donors (Lipinski definition) is 1. The van der Waals surface area contributed by atoms with E-state index >= 15 is 0 Å². The van der Waals surface area contributed by atoms with Crippen molar-refractivity contribution in [2.75, 3.05) is 0 Å². The van der Waals surface area contributed by atoms with Crippen molar-refractivity contribution >= 4 is 10.9 Å². The SMILES string of the molecule is Cc1cc(Oc2ccc(CN)cc2)nc2ccccc12. The molecule has 0 aliphatic carbocycles. The molecule has 0 spiro atoms. The Morgan fingerprint density at radius 3 is 2.55 bits per heavy atom. The van der Waals surface area contributed by atoms with Gasteiger partial charge in [0.25, 0.3) is 0 Å². The van der Waals surface area contributed by atoms with E-state index in [0.717, 1.165) is 27.8 Å². The van der Waals surface area contributed by atoms with Crippen LogP contribution in [0.2, 0.25) is 0 Å². The van der Waals surface area contributed by atoms with E-state index in [1.165, 1.54) is 0 Å². The molecule has 1 heterocycles. The van der Waals surface area contributed by atoms with Gasteiger partial charge < -0.3 is 10.5 Å². The molecule has 2 aromatic carbocycles. The summed E-state index contributed by atoms with van der Waals surface area (Å²) in [7, 11) is 0. The van der Waals surface area contributed by atoms with Crippen molar-refractivity contribution in [1.82, 2.24) is 4.98 Å². The molecule has 3 rings (SSSR count). The highest BCUT2D eigenvalue weighted by molar-refractivity contribution is 5.82. The largest absolute Gasteiger partial charge is 0.439 e. The topological polar surface area (TPSA) is 48.1 Å². The lowest BCUT2D eigenvalue weighted by Gasteiger charge is -2.08. The monoisotopic (exact) mass is 264 g/mol. The molecule has 20 heavy (non-hydrogen) atoms. The van der Waals surface area contributed by atoms with Crippen molar-refractivity contribution < 1.29 is 4.74 Å². The van der Waals surface area contributed by atoms with Crippen LogP contribution in [-0.2, 0) is 6.54 Å². The second kappa shape index (κ2) is 5.31. The van der Waals surface area contributed by atoms with Gasteiger partial charge in [-0.2, -0.15) is 0 Å². The number of nitrogens with zero attached hydrogens (tertiary/aromatic N) is 1. The molecule has 0 aliphatic heterocycles. The second-order valence-corrected chi connectivity index (χ2v) is 4.74. The van der Waals surface area contributed by atoms with E-state index in [1.54, 1.807) is 0 Å². The summed E-state index contributed by atoms with van der Waals surface area (Å²) in [6.45, 7) is 2.60. The zero-order valence-electron chi connectivity index (χ0n) is 11.3. The number of benzene rings is 2. The fourth-order valence-corrected chi connectivity index (χ4v) is 2.19. The number of nitrogens with two attached hydrogens (primary N) is 1. The first-order valence-electron chi connectivity index (χ1n) is 6.59. The summed E-state index contributed by atoms with van der Waals surface area (Å²) in [5.41, 5.74) is 8.77. The summed E-state index contributed by atoms with van der Waals surface area (Å²) in [4.78, 5) is 4.53. The number of fused-ring (bicyclic) bond motifs is 1. The van der Waals surface area contributed by atoms with Crippen LogP contribution in [0, 0.1) is 6.92 Å². The normalized spacial score (nSPS) is 10.7. The molecule has 0 aliphatic rings. The second-order valence-electron chi connectivity index (χ2n) is 4.74. The first-order valence-corrected chi connectivity index (χ1v) is 6.59. The van der Waals surface area contributed by atoms with E-state index < -0.39 is 0 Å². The van der Waals surface area contributed by atoms with E-state index in [4.69, 9.17) is 10.5 Å². The van der Waals surface area contributed by atoms with Crippen molar-refractivity contribution in [1.29, 1.82) is 0 Å². The van der Waals surface area contributed by atoms with Crippen LogP contribution < -0.4 is 10.5 Å². The highest BCUT2D eigenvalue weighted by Crippen LogP contribution is 2.25. The van der Waals surface area contributed by atoms with Crippen molar-refractivity contribution in [2.24, 2.45) is 5.73 Å². The summed E-state index contributed by atoms with van der Waals surface area (Å²) in [6, 6.07) is 17.8. The average Bonchev–Trinajstić information content (AvgIpc) is 2.48. The van der Waals surface area contributed by atoms with Gasteiger partial charge in [0.05, 0.1) is 5.52 Å². The molecular weight excluding hydrogens is 248 g/mol. The van der Waals surface area contributed by atoms with Gasteiger partial charge in [-0.1, -0.05) is 30.3 Å². The molecule has 1 aromatic heterocycles.